The van der Waals surface area contributed by atoms with E-state index in [0.717, 1.165) is 12.1 Å². The number of aromatic nitrogens is 1. The number of likely N-dealkylation sites (N-methyl/N-ethyl adjacent to an activating group) is 1. The topological polar surface area (TPSA) is 45.2 Å². The minimum absolute atomic E-state index is 0.0546. The molecule has 21 heavy (non-hydrogen) atoms. The molecule has 0 atom stereocenters. The third kappa shape index (κ3) is 5.08. The molecule has 0 saturated heterocycles. The maximum absolute atomic E-state index is 12.0. The van der Waals surface area contributed by atoms with Crippen LogP contribution in [-0.2, 0) is 11.2 Å². The number of hydrogen-bond acceptors (Lipinski definition) is 3. The third-order valence-electron chi connectivity index (χ3n) is 3.20. The molecule has 1 amide bonds. The highest BCUT2D eigenvalue weighted by atomic mass is 35.5. The van der Waals surface area contributed by atoms with Crippen molar-refractivity contribution in [2.24, 2.45) is 0 Å². The fourth-order valence-electron chi connectivity index (χ4n) is 1.85. The zero-order valence-corrected chi connectivity index (χ0v) is 12.7. The molecule has 1 aromatic carbocycles. The van der Waals surface area contributed by atoms with E-state index in [1.807, 2.05) is 31.3 Å². The van der Waals surface area contributed by atoms with E-state index in [9.17, 15) is 4.79 Å². The normalized spacial score (nSPS) is 10.2. The number of pyridine rings is 1. The summed E-state index contributed by atoms with van der Waals surface area (Å²) in [5.41, 5.74) is 2.06. The van der Waals surface area contributed by atoms with Crippen molar-refractivity contribution >= 4 is 23.2 Å². The van der Waals surface area contributed by atoms with Crippen molar-refractivity contribution in [3.63, 3.8) is 0 Å². The van der Waals surface area contributed by atoms with Crippen LogP contribution in [0, 0.1) is 0 Å². The molecule has 0 spiro atoms. The second-order valence-corrected chi connectivity index (χ2v) is 5.22. The molecule has 5 heteroatoms. The first-order valence-corrected chi connectivity index (χ1v) is 7.15. The minimum Gasteiger partial charge on any atom is -0.376 e. The average Bonchev–Trinajstić information content (AvgIpc) is 2.52. The summed E-state index contributed by atoms with van der Waals surface area (Å²) in [6, 6.07) is 11.2. The summed E-state index contributed by atoms with van der Waals surface area (Å²) in [5, 5.41) is 3.77. The number of rotatable bonds is 6. The van der Waals surface area contributed by atoms with Crippen molar-refractivity contribution in [3.05, 3.63) is 59.4 Å². The number of nitrogens with one attached hydrogen (secondary N) is 1. The molecule has 110 valence electrons. The van der Waals surface area contributed by atoms with Gasteiger partial charge in [-0.25, -0.2) is 0 Å². The average molecular weight is 304 g/mol. The Morgan fingerprint density at radius 1 is 1.19 bits per heavy atom. The van der Waals surface area contributed by atoms with Gasteiger partial charge in [-0.15, -0.1) is 0 Å². The summed E-state index contributed by atoms with van der Waals surface area (Å²) in [6.45, 7) is 0.958. The fraction of sp³-hybridized carbons (Fsp3) is 0.250. The number of carbonyl (C=O) groups excluding carboxylic acids is 1. The molecule has 2 aromatic rings. The lowest BCUT2D eigenvalue weighted by molar-refractivity contribution is -0.127. The Bertz CT molecular complexity index is 572. The highest BCUT2D eigenvalue weighted by Crippen LogP contribution is 2.13. The Labute approximate surface area is 129 Å². The third-order valence-corrected chi connectivity index (χ3v) is 3.45. The fourth-order valence-corrected chi connectivity index (χ4v) is 1.98. The van der Waals surface area contributed by atoms with Crippen LogP contribution in [0.4, 0.5) is 5.69 Å². The molecular weight excluding hydrogens is 286 g/mol. The Kier molecular flexibility index (Phi) is 5.58. The summed E-state index contributed by atoms with van der Waals surface area (Å²) in [6.07, 6.45) is 4.35. The van der Waals surface area contributed by atoms with Crippen molar-refractivity contribution < 1.29 is 4.79 Å². The molecule has 0 saturated carbocycles. The SMILES string of the molecule is CN(CCc1ccncc1)C(=O)CNc1ccc(Cl)cc1. The first-order valence-electron chi connectivity index (χ1n) is 6.77. The van der Waals surface area contributed by atoms with E-state index in [1.165, 1.54) is 5.56 Å². The molecule has 0 bridgehead atoms. The Morgan fingerprint density at radius 3 is 2.52 bits per heavy atom. The first-order chi connectivity index (χ1) is 10.1. The largest absolute Gasteiger partial charge is 0.376 e. The number of amides is 1. The van der Waals surface area contributed by atoms with Gasteiger partial charge >= 0.3 is 0 Å². The van der Waals surface area contributed by atoms with E-state index in [1.54, 1.807) is 29.4 Å². The van der Waals surface area contributed by atoms with Gasteiger partial charge in [-0.3, -0.25) is 9.78 Å². The van der Waals surface area contributed by atoms with E-state index in [2.05, 4.69) is 10.3 Å². The van der Waals surface area contributed by atoms with Gasteiger partial charge in [0, 0.05) is 36.7 Å². The number of anilines is 1. The standard InChI is InChI=1S/C16H18ClN3O/c1-20(11-8-13-6-9-18-10-7-13)16(21)12-19-15-4-2-14(17)3-5-15/h2-7,9-10,19H,8,11-12H2,1H3. The second kappa shape index (κ2) is 7.64. The molecular formula is C16H18ClN3O. The summed E-state index contributed by atoms with van der Waals surface area (Å²) >= 11 is 5.82. The van der Waals surface area contributed by atoms with Crippen molar-refractivity contribution in [1.82, 2.24) is 9.88 Å². The first kappa shape index (κ1) is 15.3. The zero-order valence-electron chi connectivity index (χ0n) is 11.9. The van der Waals surface area contributed by atoms with Crippen LogP contribution >= 0.6 is 11.6 Å². The van der Waals surface area contributed by atoms with Crippen LogP contribution in [-0.4, -0.2) is 35.9 Å². The maximum atomic E-state index is 12.0. The van der Waals surface area contributed by atoms with E-state index in [4.69, 9.17) is 11.6 Å². The second-order valence-electron chi connectivity index (χ2n) is 4.78. The van der Waals surface area contributed by atoms with Gasteiger partial charge in [0.05, 0.1) is 6.54 Å². The Balaban J connectivity index is 1.76. The van der Waals surface area contributed by atoms with Gasteiger partial charge in [-0.1, -0.05) is 11.6 Å². The van der Waals surface area contributed by atoms with Gasteiger partial charge in [0.2, 0.25) is 5.91 Å². The van der Waals surface area contributed by atoms with Gasteiger partial charge in [0.1, 0.15) is 0 Å². The molecule has 0 radical (unpaired) electrons. The quantitative estimate of drug-likeness (QED) is 0.892. The number of benzene rings is 1. The van der Waals surface area contributed by atoms with Crippen LogP contribution in [0.2, 0.25) is 5.02 Å². The zero-order chi connectivity index (χ0) is 15.1. The molecule has 1 aromatic heterocycles. The van der Waals surface area contributed by atoms with Crippen LogP contribution in [0.1, 0.15) is 5.56 Å². The van der Waals surface area contributed by atoms with Crippen LogP contribution in [0.3, 0.4) is 0 Å². The summed E-state index contributed by atoms with van der Waals surface area (Å²) in [5.74, 6) is 0.0546. The molecule has 0 aliphatic carbocycles. The van der Waals surface area contributed by atoms with E-state index >= 15 is 0 Å². The monoisotopic (exact) mass is 303 g/mol. The predicted octanol–water partition coefficient (Wildman–Crippen LogP) is 2.85. The number of carbonyl (C=O) groups is 1. The molecule has 0 fully saturated rings. The Hall–Kier alpha value is -2.07. The van der Waals surface area contributed by atoms with Crippen molar-refractivity contribution in [3.8, 4) is 0 Å². The van der Waals surface area contributed by atoms with Gasteiger partial charge < -0.3 is 10.2 Å². The minimum atomic E-state index is 0.0546. The van der Waals surface area contributed by atoms with Crippen molar-refractivity contribution in [1.29, 1.82) is 0 Å². The number of halogens is 1. The Morgan fingerprint density at radius 2 is 1.86 bits per heavy atom. The van der Waals surface area contributed by atoms with E-state index < -0.39 is 0 Å². The number of hydrogen-bond donors (Lipinski definition) is 1. The summed E-state index contributed by atoms with van der Waals surface area (Å²) in [4.78, 5) is 17.7. The highest BCUT2D eigenvalue weighted by molar-refractivity contribution is 6.30. The van der Waals surface area contributed by atoms with Gasteiger partial charge in [-0.2, -0.15) is 0 Å². The lowest BCUT2D eigenvalue weighted by Gasteiger charge is -2.18. The molecule has 4 nitrogen and oxygen atoms in total. The van der Waals surface area contributed by atoms with Gasteiger partial charge in [0.15, 0.2) is 0 Å². The smallest absolute Gasteiger partial charge is 0.241 e. The highest BCUT2D eigenvalue weighted by Gasteiger charge is 2.08. The van der Waals surface area contributed by atoms with Crippen LogP contribution in [0.5, 0.6) is 0 Å². The van der Waals surface area contributed by atoms with Crippen molar-refractivity contribution in [2.75, 3.05) is 25.5 Å². The molecule has 1 heterocycles. The molecule has 2 rings (SSSR count). The molecule has 0 aliphatic rings. The maximum Gasteiger partial charge on any atom is 0.241 e. The van der Waals surface area contributed by atoms with E-state index in [-0.39, 0.29) is 12.5 Å². The molecule has 1 N–H and O–H groups in total. The van der Waals surface area contributed by atoms with Crippen LogP contribution < -0.4 is 5.32 Å². The lowest BCUT2D eigenvalue weighted by atomic mass is 10.2. The van der Waals surface area contributed by atoms with Gasteiger partial charge in [0.25, 0.3) is 0 Å². The van der Waals surface area contributed by atoms with Crippen LogP contribution in [0.25, 0.3) is 0 Å². The van der Waals surface area contributed by atoms with Crippen molar-refractivity contribution in [2.45, 2.75) is 6.42 Å². The van der Waals surface area contributed by atoms with Crippen LogP contribution in [0.15, 0.2) is 48.8 Å². The van der Waals surface area contributed by atoms with Gasteiger partial charge in [-0.05, 0) is 48.4 Å². The summed E-state index contributed by atoms with van der Waals surface area (Å²) < 4.78 is 0. The lowest BCUT2D eigenvalue weighted by Crippen LogP contribution is -2.33. The predicted molar refractivity (Wildman–Crippen MR) is 85.5 cm³/mol. The summed E-state index contributed by atoms with van der Waals surface area (Å²) in [7, 11) is 1.81. The molecule has 0 aliphatic heterocycles. The molecule has 0 unspecified atom stereocenters. The van der Waals surface area contributed by atoms with E-state index in [0.29, 0.717) is 11.6 Å². The number of nitrogens with zero attached hydrogens (tertiary/aromatic N) is 2.